The number of hydrogen-bond acceptors (Lipinski definition) is 4. The van der Waals surface area contributed by atoms with Crippen LogP contribution in [-0.2, 0) is 16.0 Å². The van der Waals surface area contributed by atoms with Crippen molar-refractivity contribution in [3.8, 4) is 0 Å². The number of nitrogens with zero attached hydrogens (tertiary/aromatic N) is 1. The second-order valence-electron chi connectivity index (χ2n) is 5.56. The van der Waals surface area contributed by atoms with Crippen LogP contribution < -0.4 is 5.06 Å². The molecule has 0 spiro atoms. The van der Waals surface area contributed by atoms with Crippen molar-refractivity contribution in [1.82, 2.24) is 0 Å². The van der Waals surface area contributed by atoms with Gasteiger partial charge in [-0.2, -0.15) is 5.06 Å². The van der Waals surface area contributed by atoms with Gasteiger partial charge in [-0.15, -0.1) is 0 Å². The summed E-state index contributed by atoms with van der Waals surface area (Å²) < 4.78 is 4.66. The van der Waals surface area contributed by atoms with Gasteiger partial charge in [0.1, 0.15) is 0 Å². The predicted molar refractivity (Wildman–Crippen MR) is 94.7 cm³/mol. The van der Waals surface area contributed by atoms with E-state index in [-0.39, 0.29) is 12.0 Å². The Balaban J connectivity index is 1.93. The van der Waals surface area contributed by atoms with Crippen LogP contribution in [0.25, 0.3) is 10.8 Å². The van der Waals surface area contributed by atoms with Gasteiger partial charge in [-0.3, -0.25) is 14.8 Å². The summed E-state index contributed by atoms with van der Waals surface area (Å²) in [6.45, 7) is 0. The van der Waals surface area contributed by atoms with Crippen molar-refractivity contribution in [2.75, 3.05) is 12.2 Å². The lowest BCUT2D eigenvalue weighted by molar-refractivity contribution is -0.139. The van der Waals surface area contributed by atoms with Crippen LogP contribution in [0, 0.1) is 0 Å². The van der Waals surface area contributed by atoms with Gasteiger partial charge in [0.2, 0.25) is 0 Å². The molecule has 0 aliphatic heterocycles. The minimum atomic E-state index is -0.602. The lowest BCUT2D eigenvalue weighted by Gasteiger charge is -2.17. The minimum absolute atomic E-state index is 0.0377. The molecule has 0 aliphatic rings. The van der Waals surface area contributed by atoms with Gasteiger partial charge >= 0.3 is 5.97 Å². The molecule has 1 amide bonds. The number of rotatable bonds is 4. The van der Waals surface area contributed by atoms with E-state index in [9.17, 15) is 14.8 Å². The quantitative estimate of drug-likeness (QED) is 0.449. The number of fused-ring (bicyclic) bond motifs is 1. The van der Waals surface area contributed by atoms with Crippen molar-refractivity contribution in [1.29, 1.82) is 0 Å². The van der Waals surface area contributed by atoms with Crippen LogP contribution >= 0.6 is 0 Å². The number of carbonyl (C=O) groups is 2. The van der Waals surface area contributed by atoms with Crippen LogP contribution in [-0.4, -0.2) is 24.2 Å². The number of esters is 1. The van der Waals surface area contributed by atoms with Gasteiger partial charge in [-0.05, 0) is 34.5 Å². The average Bonchev–Trinajstić information content (AvgIpc) is 2.66. The summed E-state index contributed by atoms with van der Waals surface area (Å²) in [5.41, 5.74) is 1.11. The normalized spacial score (nSPS) is 10.5. The third-order valence-corrected chi connectivity index (χ3v) is 3.98. The topological polar surface area (TPSA) is 66.8 Å². The van der Waals surface area contributed by atoms with Crippen LogP contribution in [0.5, 0.6) is 0 Å². The number of anilines is 1. The molecule has 0 atom stereocenters. The highest BCUT2D eigenvalue weighted by Crippen LogP contribution is 2.23. The maximum Gasteiger partial charge on any atom is 0.310 e. The van der Waals surface area contributed by atoms with Crippen molar-refractivity contribution >= 4 is 28.3 Å². The van der Waals surface area contributed by atoms with E-state index in [4.69, 9.17) is 0 Å². The Morgan fingerprint density at radius 3 is 2.40 bits per heavy atom. The minimum Gasteiger partial charge on any atom is -0.469 e. The lowest BCUT2D eigenvalue weighted by atomic mass is 10.0. The number of methoxy groups -OCH3 is 1. The van der Waals surface area contributed by atoms with Crippen molar-refractivity contribution in [3.63, 3.8) is 0 Å². The van der Waals surface area contributed by atoms with Gasteiger partial charge in [-0.1, -0.05) is 48.5 Å². The fourth-order valence-electron chi connectivity index (χ4n) is 2.65. The molecule has 5 nitrogen and oxygen atoms in total. The summed E-state index contributed by atoms with van der Waals surface area (Å²) in [4.78, 5) is 24.2. The molecule has 126 valence electrons. The molecule has 3 aromatic rings. The van der Waals surface area contributed by atoms with Gasteiger partial charge < -0.3 is 4.74 Å². The zero-order valence-corrected chi connectivity index (χ0v) is 13.7. The Labute approximate surface area is 145 Å². The van der Waals surface area contributed by atoms with E-state index in [2.05, 4.69) is 4.74 Å². The molecule has 5 heteroatoms. The van der Waals surface area contributed by atoms with Gasteiger partial charge in [0.05, 0.1) is 19.2 Å². The third kappa shape index (κ3) is 3.51. The number of carbonyl (C=O) groups excluding carboxylic acids is 2. The second-order valence-corrected chi connectivity index (χ2v) is 5.56. The van der Waals surface area contributed by atoms with Crippen molar-refractivity contribution in [2.45, 2.75) is 6.42 Å². The number of hydrogen-bond donors (Lipinski definition) is 1. The first-order valence-electron chi connectivity index (χ1n) is 7.77. The van der Waals surface area contributed by atoms with E-state index in [0.717, 1.165) is 10.8 Å². The maximum absolute atomic E-state index is 12.7. The molecule has 0 bridgehead atoms. The molecule has 0 heterocycles. The Morgan fingerprint density at radius 2 is 1.64 bits per heavy atom. The largest absolute Gasteiger partial charge is 0.469 e. The second kappa shape index (κ2) is 7.15. The Kier molecular flexibility index (Phi) is 4.77. The highest BCUT2D eigenvalue weighted by Gasteiger charge is 2.20. The Hall–Kier alpha value is -3.18. The first kappa shape index (κ1) is 16.7. The van der Waals surface area contributed by atoms with Gasteiger partial charge in [0.15, 0.2) is 0 Å². The third-order valence-electron chi connectivity index (χ3n) is 3.98. The molecule has 0 unspecified atom stereocenters. The first-order valence-corrected chi connectivity index (χ1v) is 7.77. The smallest absolute Gasteiger partial charge is 0.310 e. The van der Waals surface area contributed by atoms with Crippen molar-refractivity contribution in [2.24, 2.45) is 0 Å². The summed E-state index contributed by atoms with van der Waals surface area (Å²) in [6.07, 6.45) is -0.0377. The first-order chi connectivity index (χ1) is 12.1. The molecule has 0 fully saturated rings. The standard InChI is InChI=1S/C20H17NO4/c1-25-19(22)13-16-8-4-5-9-18(16)20(23)21(24)17-11-10-14-6-2-3-7-15(14)12-17/h2-12,24H,13H2,1H3. The van der Waals surface area contributed by atoms with Crippen LogP contribution in [0.2, 0.25) is 0 Å². The van der Waals surface area contributed by atoms with Crippen molar-refractivity contribution in [3.05, 3.63) is 77.9 Å². The zero-order chi connectivity index (χ0) is 17.8. The van der Waals surface area contributed by atoms with E-state index in [1.807, 2.05) is 30.3 Å². The summed E-state index contributed by atoms with van der Waals surface area (Å²) >= 11 is 0. The number of benzene rings is 3. The SMILES string of the molecule is COC(=O)Cc1ccccc1C(=O)N(O)c1ccc2ccccc2c1. The van der Waals surface area contributed by atoms with E-state index in [1.54, 1.807) is 36.4 Å². The molecular formula is C20H17NO4. The van der Waals surface area contributed by atoms with Gasteiger partial charge in [-0.25, -0.2) is 0 Å². The van der Waals surface area contributed by atoms with E-state index in [0.29, 0.717) is 16.3 Å². The number of hydroxylamine groups is 1. The Bertz CT molecular complexity index is 936. The molecule has 0 aromatic heterocycles. The number of ether oxygens (including phenoxy) is 1. The van der Waals surface area contributed by atoms with E-state index < -0.39 is 11.9 Å². The summed E-state index contributed by atoms with van der Waals surface area (Å²) in [6, 6.07) is 19.6. The zero-order valence-electron chi connectivity index (χ0n) is 13.7. The van der Waals surface area contributed by atoms with Crippen LogP contribution in [0.15, 0.2) is 66.7 Å². The fraction of sp³-hybridized carbons (Fsp3) is 0.100. The molecule has 0 radical (unpaired) electrons. The van der Waals surface area contributed by atoms with Gasteiger partial charge in [0, 0.05) is 5.56 Å². The molecule has 1 N–H and O–H groups in total. The van der Waals surface area contributed by atoms with Crippen LogP contribution in [0.1, 0.15) is 15.9 Å². The maximum atomic E-state index is 12.7. The van der Waals surface area contributed by atoms with Crippen molar-refractivity contribution < 1.29 is 19.5 Å². The predicted octanol–water partition coefficient (Wildman–Crippen LogP) is 3.59. The monoisotopic (exact) mass is 335 g/mol. The highest BCUT2D eigenvalue weighted by molar-refractivity contribution is 6.06. The molecule has 0 aliphatic carbocycles. The highest BCUT2D eigenvalue weighted by atomic mass is 16.5. The van der Waals surface area contributed by atoms with E-state index in [1.165, 1.54) is 7.11 Å². The molecule has 0 saturated carbocycles. The fourth-order valence-corrected chi connectivity index (χ4v) is 2.65. The summed E-state index contributed by atoms with van der Waals surface area (Å²) in [7, 11) is 1.29. The number of amides is 1. The molecular weight excluding hydrogens is 318 g/mol. The molecule has 3 aromatic carbocycles. The average molecular weight is 335 g/mol. The van der Waals surface area contributed by atoms with E-state index >= 15 is 0 Å². The molecule has 25 heavy (non-hydrogen) atoms. The van der Waals surface area contributed by atoms with Gasteiger partial charge in [0.25, 0.3) is 5.91 Å². The lowest BCUT2D eigenvalue weighted by Crippen LogP contribution is -2.28. The van der Waals surface area contributed by atoms with Crippen LogP contribution in [0.4, 0.5) is 5.69 Å². The van der Waals surface area contributed by atoms with Crippen LogP contribution in [0.3, 0.4) is 0 Å². The summed E-state index contributed by atoms with van der Waals surface area (Å²) in [5, 5.41) is 12.9. The Morgan fingerprint density at radius 1 is 0.960 bits per heavy atom. The molecule has 0 saturated heterocycles. The summed E-state index contributed by atoms with van der Waals surface area (Å²) in [5.74, 6) is -1.05. The molecule has 3 rings (SSSR count).